The van der Waals surface area contributed by atoms with Crippen LogP contribution in [0, 0.1) is 0 Å². The number of allylic oxidation sites excluding steroid dienone is 1. The third-order valence-electron chi connectivity index (χ3n) is 6.13. The zero-order valence-corrected chi connectivity index (χ0v) is 19.0. The molecule has 0 spiro atoms. The van der Waals surface area contributed by atoms with Crippen LogP contribution in [0.1, 0.15) is 38.0 Å². The van der Waals surface area contributed by atoms with Gasteiger partial charge in [-0.2, -0.15) is 0 Å². The summed E-state index contributed by atoms with van der Waals surface area (Å²) >= 11 is 0. The van der Waals surface area contributed by atoms with Crippen LogP contribution < -0.4 is 20.3 Å². The second-order valence-corrected chi connectivity index (χ2v) is 8.33. The SMILES string of the molecule is CCOc1ccccc1NC(=O)CN1c2ccccc2NC2=C(C(=O)CCC2)[C@H]1c1ccco1. The minimum atomic E-state index is -0.512. The molecule has 1 aromatic heterocycles. The first kappa shape index (κ1) is 21.8. The highest BCUT2D eigenvalue weighted by Crippen LogP contribution is 2.44. The molecule has 2 N–H and O–H groups in total. The van der Waals surface area contributed by atoms with Crippen molar-refractivity contribution >= 4 is 28.8 Å². The molecule has 2 aromatic carbocycles. The van der Waals surface area contributed by atoms with Gasteiger partial charge in [0.25, 0.3) is 0 Å². The third-order valence-corrected chi connectivity index (χ3v) is 6.13. The molecule has 0 saturated carbocycles. The van der Waals surface area contributed by atoms with Crippen molar-refractivity contribution in [1.29, 1.82) is 0 Å². The maximum Gasteiger partial charge on any atom is 0.244 e. The molecule has 0 fully saturated rings. The smallest absolute Gasteiger partial charge is 0.244 e. The maximum absolute atomic E-state index is 13.4. The average molecular weight is 458 g/mol. The Morgan fingerprint density at radius 3 is 2.76 bits per heavy atom. The lowest BCUT2D eigenvalue weighted by Crippen LogP contribution is -2.38. The summed E-state index contributed by atoms with van der Waals surface area (Å²) in [7, 11) is 0. The Labute approximate surface area is 198 Å². The molecule has 2 aliphatic rings. The molecule has 1 atom stereocenters. The highest BCUT2D eigenvalue weighted by Gasteiger charge is 2.38. The summed E-state index contributed by atoms with van der Waals surface area (Å²) in [6.07, 6.45) is 3.65. The molecular formula is C27H27N3O4. The summed E-state index contributed by atoms with van der Waals surface area (Å²) in [5.74, 6) is 1.11. The van der Waals surface area contributed by atoms with Crippen molar-refractivity contribution in [3.05, 3.63) is 84.0 Å². The number of amides is 1. The highest BCUT2D eigenvalue weighted by molar-refractivity contribution is 6.02. The van der Waals surface area contributed by atoms with Crippen molar-refractivity contribution in [2.75, 3.05) is 28.7 Å². The molecule has 7 heteroatoms. The molecule has 2 heterocycles. The summed E-state index contributed by atoms with van der Waals surface area (Å²) in [5, 5.41) is 6.47. The van der Waals surface area contributed by atoms with Crippen LogP contribution in [0.2, 0.25) is 0 Å². The van der Waals surface area contributed by atoms with Gasteiger partial charge in [0.15, 0.2) is 5.78 Å². The molecule has 174 valence electrons. The van der Waals surface area contributed by atoms with Gasteiger partial charge in [0, 0.05) is 17.7 Å². The fourth-order valence-corrected chi connectivity index (χ4v) is 4.71. The molecule has 0 unspecified atom stereocenters. The standard InChI is InChI=1S/C27H27N3O4/c1-2-33-23-14-6-4-10-19(23)29-25(32)17-30-21-12-5-3-9-18(21)28-20-11-7-13-22(31)26(20)27(30)24-15-8-16-34-24/h3-6,8-10,12,14-16,27-28H,2,7,11,13,17H2,1H3,(H,29,32)/t27-/m1/s1. The van der Waals surface area contributed by atoms with Gasteiger partial charge in [-0.3, -0.25) is 9.59 Å². The van der Waals surface area contributed by atoms with Crippen LogP contribution >= 0.6 is 0 Å². The first-order chi connectivity index (χ1) is 16.7. The van der Waals surface area contributed by atoms with E-state index in [2.05, 4.69) is 10.6 Å². The molecule has 1 aliphatic carbocycles. The second-order valence-electron chi connectivity index (χ2n) is 8.33. The lowest BCUT2D eigenvalue weighted by molar-refractivity contribution is -0.117. The lowest BCUT2D eigenvalue weighted by atomic mass is 9.88. The average Bonchev–Trinajstić information content (AvgIpc) is 3.32. The molecule has 7 nitrogen and oxygen atoms in total. The zero-order chi connectivity index (χ0) is 23.5. The van der Waals surface area contributed by atoms with Crippen LogP contribution in [0.15, 0.2) is 82.6 Å². The normalized spacial score (nSPS) is 17.4. The van der Waals surface area contributed by atoms with E-state index < -0.39 is 6.04 Å². The largest absolute Gasteiger partial charge is 0.492 e. The quantitative estimate of drug-likeness (QED) is 0.523. The zero-order valence-electron chi connectivity index (χ0n) is 19.0. The van der Waals surface area contributed by atoms with E-state index in [1.165, 1.54) is 0 Å². The van der Waals surface area contributed by atoms with E-state index >= 15 is 0 Å². The number of ether oxygens (including phenoxy) is 1. The number of nitrogens with one attached hydrogen (secondary N) is 2. The van der Waals surface area contributed by atoms with Crippen molar-refractivity contribution in [3.63, 3.8) is 0 Å². The first-order valence-electron chi connectivity index (χ1n) is 11.6. The van der Waals surface area contributed by atoms with E-state index in [1.807, 2.05) is 72.5 Å². The Kier molecular flexibility index (Phi) is 6.08. The Balaban J connectivity index is 1.55. The fraction of sp³-hybridized carbons (Fsp3) is 0.259. The number of ketones is 1. The van der Waals surface area contributed by atoms with Gasteiger partial charge in [-0.15, -0.1) is 0 Å². The number of para-hydroxylation sites is 4. The Hall–Kier alpha value is -4.00. The van der Waals surface area contributed by atoms with Crippen LogP contribution in [0.4, 0.5) is 17.1 Å². The summed E-state index contributed by atoms with van der Waals surface area (Å²) in [5.41, 5.74) is 3.87. The predicted molar refractivity (Wildman–Crippen MR) is 131 cm³/mol. The summed E-state index contributed by atoms with van der Waals surface area (Å²) in [6.45, 7) is 2.42. The summed E-state index contributed by atoms with van der Waals surface area (Å²) in [6, 6.07) is 18.3. The first-order valence-corrected chi connectivity index (χ1v) is 11.6. The van der Waals surface area contributed by atoms with Crippen LogP contribution in [0.5, 0.6) is 5.75 Å². The Morgan fingerprint density at radius 1 is 1.12 bits per heavy atom. The van der Waals surface area contributed by atoms with Crippen molar-refractivity contribution in [2.24, 2.45) is 0 Å². The van der Waals surface area contributed by atoms with Gasteiger partial charge >= 0.3 is 0 Å². The van der Waals surface area contributed by atoms with Gasteiger partial charge in [-0.05, 0) is 56.2 Å². The predicted octanol–water partition coefficient (Wildman–Crippen LogP) is 5.30. The molecule has 0 bridgehead atoms. The fourth-order valence-electron chi connectivity index (χ4n) is 4.71. The number of benzene rings is 2. The van der Waals surface area contributed by atoms with Gasteiger partial charge in [0.05, 0.1) is 36.5 Å². The number of fused-ring (bicyclic) bond motifs is 1. The van der Waals surface area contributed by atoms with Gasteiger partial charge < -0.3 is 24.7 Å². The minimum Gasteiger partial charge on any atom is -0.492 e. The number of rotatable bonds is 6. The number of nitrogens with zero attached hydrogens (tertiary/aromatic N) is 1. The molecule has 5 rings (SSSR count). The third kappa shape index (κ3) is 4.17. The van der Waals surface area contributed by atoms with Gasteiger partial charge in [0.2, 0.25) is 5.91 Å². The molecule has 1 amide bonds. The molecule has 0 saturated heterocycles. The van der Waals surface area contributed by atoms with Crippen LogP contribution in [0.25, 0.3) is 0 Å². The number of hydrogen-bond acceptors (Lipinski definition) is 6. The Bertz CT molecular complexity index is 1230. The van der Waals surface area contributed by atoms with Gasteiger partial charge in [-0.1, -0.05) is 24.3 Å². The topological polar surface area (TPSA) is 83.8 Å². The van der Waals surface area contributed by atoms with E-state index in [0.29, 0.717) is 35.8 Å². The van der Waals surface area contributed by atoms with Crippen molar-refractivity contribution < 1.29 is 18.7 Å². The number of anilines is 3. The van der Waals surface area contributed by atoms with Gasteiger partial charge in [0.1, 0.15) is 17.6 Å². The molecule has 1 aliphatic heterocycles. The molecule has 0 radical (unpaired) electrons. The van der Waals surface area contributed by atoms with Crippen LogP contribution in [-0.4, -0.2) is 24.8 Å². The number of Topliss-reactive ketones (excluding diaryl/α,β-unsaturated/α-hetero) is 1. The number of carbonyl (C=O) groups excluding carboxylic acids is 2. The molecule has 34 heavy (non-hydrogen) atoms. The second kappa shape index (κ2) is 9.47. The minimum absolute atomic E-state index is 0.0224. The summed E-state index contributed by atoms with van der Waals surface area (Å²) in [4.78, 5) is 28.5. The number of hydrogen-bond donors (Lipinski definition) is 2. The number of furan rings is 1. The van der Waals surface area contributed by atoms with Crippen LogP contribution in [-0.2, 0) is 9.59 Å². The van der Waals surface area contributed by atoms with Crippen LogP contribution in [0.3, 0.4) is 0 Å². The summed E-state index contributed by atoms with van der Waals surface area (Å²) < 4.78 is 11.5. The van der Waals surface area contributed by atoms with E-state index in [-0.39, 0.29) is 18.2 Å². The van der Waals surface area contributed by atoms with E-state index in [9.17, 15) is 9.59 Å². The lowest BCUT2D eigenvalue weighted by Gasteiger charge is -2.33. The van der Waals surface area contributed by atoms with E-state index in [0.717, 1.165) is 29.9 Å². The van der Waals surface area contributed by atoms with Crippen molar-refractivity contribution in [3.8, 4) is 5.75 Å². The van der Waals surface area contributed by atoms with Crippen molar-refractivity contribution in [2.45, 2.75) is 32.2 Å². The van der Waals surface area contributed by atoms with E-state index in [4.69, 9.17) is 9.15 Å². The molecular weight excluding hydrogens is 430 g/mol. The Morgan fingerprint density at radius 2 is 1.94 bits per heavy atom. The van der Waals surface area contributed by atoms with Gasteiger partial charge in [-0.25, -0.2) is 0 Å². The molecule has 3 aromatic rings. The highest BCUT2D eigenvalue weighted by atomic mass is 16.5. The van der Waals surface area contributed by atoms with E-state index in [1.54, 1.807) is 6.26 Å². The number of carbonyl (C=O) groups is 2. The van der Waals surface area contributed by atoms with Crippen molar-refractivity contribution in [1.82, 2.24) is 0 Å². The monoisotopic (exact) mass is 457 g/mol. The maximum atomic E-state index is 13.4.